The summed E-state index contributed by atoms with van der Waals surface area (Å²) < 4.78 is 6.78. The summed E-state index contributed by atoms with van der Waals surface area (Å²) in [6, 6.07) is 11.0. The molecule has 0 unspecified atom stereocenters. The van der Waals surface area contributed by atoms with Gasteiger partial charge in [-0.1, -0.05) is 29.8 Å². The zero-order valence-electron chi connectivity index (χ0n) is 14.3. The van der Waals surface area contributed by atoms with Crippen molar-refractivity contribution in [2.24, 2.45) is 0 Å². The fourth-order valence-corrected chi connectivity index (χ4v) is 2.73. The van der Waals surface area contributed by atoms with E-state index >= 15 is 0 Å². The SMILES string of the molecule is COc1ccc(CC(=O)c2cccc(-n3nc(C)c(Cl)c3C)c2)cn1. The Hall–Kier alpha value is -2.66. The highest BCUT2D eigenvalue weighted by Crippen LogP contribution is 2.23. The summed E-state index contributed by atoms with van der Waals surface area (Å²) in [4.78, 5) is 16.7. The van der Waals surface area contributed by atoms with Gasteiger partial charge in [-0.15, -0.1) is 0 Å². The Morgan fingerprint density at radius 1 is 1.24 bits per heavy atom. The summed E-state index contributed by atoms with van der Waals surface area (Å²) >= 11 is 6.22. The molecule has 0 saturated heterocycles. The smallest absolute Gasteiger partial charge is 0.212 e. The van der Waals surface area contributed by atoms with E-state index in [1.807, 2.05) is 38.1 Å². The Bertz CT molecular complexity index is 917. The predicted octanol–water partition coefficient (Wildman–Crippen LogP) is 3.97. The van der Waals surface area contributed by atoms with Gasteiger partial charge in [0.05, 0.1) is 29.2 Å². The van der Waals surface area contributed by atoms with E-state index in [0.717, 1.165) is 22.6 Å². The first-order valence-electron chi connectivity index (χ1n) is 7.84. The van der Waals surface area contributed by atoms with E-state index < -0.39 is 0 Å². The van der Waals surface area contributed by atoms with Crippen molar-refractivity contribution < 1.29 is 9.53 Å². The molecule has 0 radical (unpaired) electrons. The third-order valence-electron chi connectivity index (χ3n) is 3.99. The molecule has 0 N–H and O–H groups in total. The van der Waals surface area contributed by atoms with Crippen LogP contribution in [0.4, 0.5) is 0 Å². The molecule has 2 heterocycles. The van der Waals surface area contributed by atoms with Crippen molar-refractivity contribution >= 4 is 17.4 Å². The number of carbonyl (C=O) groups excluding carboxylic acids is 1. The summed E-state index contributed by atoms with van der Waals surface area (Å²) in [6.45, 7) is 3.76. The van der Waals surface area contributed by atoms with Gasteiger partial charge in [-0.25, -0.2) is 9.67 Å². The van der Waals surface area contributed by atoms with E-state index in [1.54, 1.807) is 30.1 Å². The number of methoxy groups -OCH3 is 1. The molecule has 0 fully saturated rings. The van der Waals surface area contributed by atoms with Crippen molar-refractivity contribution in [2.45, 2.75) is 20.3 Å². The van der Waals surface area contributed by atoms with Crippen LogP contribution in [0.2, 0.25) is 5.02 Å². The summed E-state index contributed by atoms with van der Waals surface area (Å²) in [6.07, 6.45) is 1.93. The van der Waals surface area contributed by atoms with Gasteiger partial charge in [-0.05, 0) is 31.5 Å². The van der Waals surface area contributed by atoms with Crippen molar-refractivity contribution in [1.82, 2.24) is 14.8 Å². The maximum absolute atomic E-state index is 12.6. The molecule has 3 aromatic rings. The predicted molar refractivity (Wildman–Crippen MR) is 96.9 cm³/mol. The first kappa shape index (κ1) is 17.2. The second-order valence-electron chi connectivity index (χ2n) is 5.76. The lowest BCUT2D eigenvalue weighted by Gasteiger charge is -2.07. The number of aryl methyl sites for hydroxylation is 1. The van der Waals surface area contributed by atoms with Gasteiger partial charge in [0.2, 0.25) is 5.88 Å². The number of carbonyl (C=O) groups is 1. The quantitative estimate of drug-likeness (QED) is 0.650. The Labute approximate surface area is 151 Å². The maximum Gasteiger partial charge on any atom is 0.212 e. The van der Waals surface area contributed by atoms with E-state index in [0.29, 0.717) is 16.5 Å². The number of halogens is 1. The number of hydrogen-bond acceptors (Lipinski definition) is 4. The number of hydrogen-bond donors (Lipinski definition) is 0. The van der Waals surface area contributed by atoms with E-state index in [9.17, 15) is 4.79 Å². The monoisotopic (exact) mass is 355 g/mol. The van der Waals surface area contributed by atoms with Crippen molar-refractivity contribution in [3.8, 4) is 11.6 Å². The standard InChI is InChI=1S/C19H18ClN3O2/c1-12-19(20)13(2)23(22-12)16-6-4-5-15(10-16)17(24)9-14-7-8-18(25-3)21-11-14/h4-8,10-11H,9H2,1-3H3. The van der Waals surface area contributed by atoms with E-state index in [-0.39, 0.29) is 12.2 Å². The summed E-state index contributed by atoms with van der Waals surface area (Å²) in [7, 11) is 1.56. The number of nitrogens with zero attached hydrogens (tertiary/aromatic N) is 3. The highest BCUT2D eigenvalue weighted by Gasteiger charge is 2.13. The molecule has 0 aliphatic rings. The number of pyridine rings is 1. The largest absolute Gasteiger partial charge is 0.481 e. The van der Waals surface area contributed by atoms with E-state index in [2.05, 4.69) is 10.1 Å². The highest BCUT2D eigenvalue weighted by atomic mass is 35.5. The van der Waals surface area contributed by atoms with Gasteiger partial charge in [-0.3, -0.25) is 4.79 Å². The maximum atomic E-state index is 12.6. The van der Waals surface area contributed by atoms with Crippen LogP contribution in [0.5, 0.6) is 5.88 Å². The number of rotatable bonds is 5. The van der Waals surface area contributed by atoms with E-state index in [4.69, 9.17) is 16.3 Å². The van der Waals surface area contributed by atoms with Gasteiger partial charge in [0, 0.05) is 24.2 Å². The molecule has 0 bridgehead atoms. The summed E-state index contributed by atoms with van der Waals surface area (Å²) in [5, 5.41) is 5.07. The molecular weight excluding hydrogens is 338 g/mol. The third kappa shape index (κ3) is 3.56. The Kier molecular flexibility index (Phi) is 4.86. The third-order valence-corrected chi connectivity index (χ3v) is 4.53. The minimum Gasteiger partial charge on any atom is -0.481 e. The molecule has 0 amide bonds. The number of Topliss-reactive ketones (excluding diaryl/α,β-unsaturated/α-hetero) is 1. The fourth-order valence-electron chi connectivity index (χ4n) is 2.61. The van der Waals surface area contributed by atoms with Gasteiger partial charge in [0.1, 0.15) is 0 Å². The summed E-state index contributed by atoms with van der Waals surface area (Å²) in [5.74, 6) is 0.543. The molecule has 0 saturated carbocycles. The molecule has 1 aromatic carbocycles. The second kappa shape index (κ2) is 7.07. The van der Waals surface area contributed by atoms with Crippen molar-refractivity contribution in [3.05, 3.63) is 70.1 Å². The molecule has 25 heavy (non-hydrogen) atoms. The van der Waals surface area contributed by atoms with Gasteiger partial charge in [-0.2, -0.15) is 5.10 Å². The minimum atomic E-state index is 0.0152. The van der Waals surface area contributed by atoms with Gasteiger partial charge < -0.3 is 4.74 Å². The average Bonchev–Trinajstić information content (AvgIpc) is 2.90. The zero-order chi connectivity index (χ0) is 18.0. The Morgan fingerprint density at radius 2 is 2.04 bits per heavy atom. The lowest BCUT2D eigenvalue weighted by Crippen LogP contribution is -2.06. The van der Waals surface area contributed by atoms with Crippen LogP contribution in [0.3, 0.4) is 0 Å². The van der Waals surface area contributed by atoms with Crippen LogP contribution >= 0.6 is 11.6 Å². The Balaban J connectivity index is 1.85. The fraction of sp³-hybridized carbons (Fsp3) is 0.211. The molecule has 0 aliphatic heterocycles. The van der Waals surface area contributed by atoms with Crippen molar-refractivity contribution in [2.75, 3.05) is 7.11 Å². The second-order valence-corrected chi connectivity index (χ2v) is 6.13. The molecular formula is C19H18ClN3O2. The van der Waals surface area contributed by atoms with Crippen LogP contribution in [0, 0.1) is 13.8 Å². The topological polar surface area (TPSA) is 57.0 Å². The summed E-state index contributed by atoms with van der Waals surface area (Å²) in [5.41, 5.74) is 3.89. The van der Waals surface area contributed by atoms with Gasteiger partial charge in [0.15, 0.2) is 5.78 Å². The van der Waals surface area contributed by atoms with Gasteiger partial charge >= 0.3 is 0 Å². The van der Waals surface area contributed by atoms with Crippen LogP contribution in [-0.4, -0.2) is 27.7 Å². The molecule has 0 spiro atoms. The average molecular weight is 356 g/mol. The van der Waals surface area contributed by atoms with E-state index in [1.165, 1.54) is 0 Å². The van der Waals surface area contributed by atoms with Crippen LogP contribution in [0.1, 0.15) is 27.3 Å². The van der Waals surface area contributed by atoms with Crippen LogP contribution < -0.4 is 4.74 Å². The molecule has 6 heteroatoms. The molecule has 5 nitrogen and oxygen atoms in total. The lowest BCUT2D eigenvalue weighted by molar-refractivity contribution is 0.0993. The molecule has 128 valence electrons. The molecule has 0 atom stereocenters. The van der Waals surface area contributed by atoms with Crippen LogP contribution in [0.15, 0.2) is 42.6 Å². The number of benzene rings is 1. The van der Waals surface area contributed by atoms with Crippen molar-refractivity contribution in [3.63, 3.8) is 0 Å². The first-order chi connectivity index (χ1) is 12.0. The number of aromatic nitrogens is 3. The first-order valence-corrected chi connectivity index (χ1v) is 8.21. The van der Waals surface area contributed by atoms with Crippen LogP contribution in [0.25, 0.3) is 5.69 Å². The molecule has 0 aliphatic carbocycles. The number of ether oxygens (including phenoxy) is 1. The Morgan fingerprint density at radius 3 is 2.64 bits per heavy atom. The lowest BCUT2D eigenvalue weighted by atomic mass is 10.0. The van der Waals surface area contributed by atoms with Crippen molar-refractivity contribution in [1.29, 1.82) is 0 Å². The highest BCUT2D eigenvalue weighted by molar-refractivity contribution is 6.31. The minimum absolute atomic E-state index is 0.0152. The normalized spacial score (nSPS) is 10.7. The zero-order valence-corrected chi connectivity index (χ0v) is 15.0. The molecule has 2 aromatic heterocycles. The molecule has 3 rings (SSSR count). The van der Waals surface area contributed by atoms with Gasteiger partial charge in [0.25, 0.3) is 0 Å². The number of ketones is 1. The van der Waals surface area contributed by atoms with Crippen LogP contribution in [-0.2, 0) is 6.42 Å².